The van der Waals surface area contributed by atoms with Crippen LogP contribution in [0.5, 0.6) is 0 Å². The van der Waals surface area contributed by atoms with Crippen LogP contribution in [0, 0.1) is 11.8 Å². The maximum atomic E-state index is 12.3. The fourth-order valence-electron chi connectivity index (χ4n) is 2.82. The van der Waals surface area contributed by atoms with Gasteiger partial charge in [-0.05, 0) is 24.7 Å². The van der Waals surface area contributed by atoms with Crippen molar-refractivity contribution in [3.63, 3.8) is 0 Å². The van der Waals surface area contributed by atoms with Crippen LogP contribution >= 0.6 is 0 Å². The number of carbonyl (C=O) groups excluding carboxylic acids is 1. The molecule has 1 aliphatic rings. The van der Waals surface area contributed by atoms with Gasteiger partial charge in [0.25, 0.3) is 5.91 Å². The highest BCUT2D eigenvalue weighted by Crippen LogP contribution is 2.24. The number of aromatic nitrogens is 1. The van der Waals surface area contributed by atoms with E-state index < -0.39 is 0 Å². The van der Waals surface area contributed by atoms with E-state index in [-0.39, 0.29) is 23.9 Å². The summed E-state index contributed by atoms with van der Waals surface area (Å²) >= 11 is 0. The average molecular weight is 293 g/mol. The quantitative estimate of drug-likeness (QED) is 0.874. The van der Waals surface area contributed by atoms with Gasteiger partial charge in [0.2, 0.25) is 5.89 Å². The Morgan fingerprint density at radius 1 is 1.52 bits per heavy atom. The molecule has 1 heterocycles. The summed E-state index contributed by atoms with van der Waals surface area (Å²) in [5, 5.41) is 3.08. The first kappa shape index (κ1) is 16.0. The van der Waals surface area contributed by atoms with E-state index in [4.69, 9.17) is 10.2 Å². The van der Waals surface area contributed by atoms with Gasteiger partial charge in [0.05, 0.1) is 6.04 Å². The van der Waals surface area contributed by atoms with Gasteiger partial charge < -0.3 is 15.5 Å². The van der Waals surface area contributed by atoms with Gasteiger partial charge in [0.1, 0.15) is 6.26 Å². The summed E-state index contributed by atoms with van der Waals surface area (Å²) in [6.45, 7) is 6.32. The molecule has 1 aromatic heterocycles. The van der Waals surface area contributed by atoms with Crippen molar-refractivity contribution in [3.8, 4) is 0 Å². The van der Waals surface area contributed by atoms with Crippen LogP contribution < -0.4 is 11.1 Å². The number of rotatable bonds is 5. The minimum Gasteiger partial charge on any atom is -0.446 e. The summed E-state index contributed by atoms with van der Waals surface area (Å²) in [7, 11) is 0. The second-order valence-corrected chi connectivity index (χ2v) is 6.32. The standard InChI is InChI=1S/C16H27N3O2/c1-4-10(2)14(17)16-19-13(9-21-16)15(20)18-12-8-6-5-7-11(12)3/h9-12,14H,4-8,17H2,1-3H3,(H,18,20). The van der Waals surface area contributed by atoms with Gasteiger partial charge in [-0.15, -0.1) is 0 Å². The largest absolute Gasteiger partial charge is 0.446 e. The summed E-state index contributed by atoms with van der Waals surface area (Å²) in [4.78, 5) is 16.5. The number of hydrogen-bond acceptors (Lipinski definition) is 4. The molecule has 0 bridgehead atoms. The monoisotopic (exact) mass is 293 g/mol. The Morgan fingerprint density at radius 2 is 2.24 bits per heavy atom. The normalized spacial score (nSPS) is 25.3. The van der Waals surface area contributed by atoms with Crippen LogP contribution in [-0.4, -0.2) is 16.9 Å². The maximum Gasteiger partial charge on any atom is 0.273 e. The fourth-order valence-corrected chi connectivity index (χ4v) is 2.82. The van der Waals surface area contributed by atoms with E-state index in [1.165, 1.54) is 25.5 Å². The molecule has 21 heavy (non-hydrogen) atoms. The van der Waals surface area contributed by atoms with E-state index in [1.54, 1.807) is 0 Å². The molecule has 4 unspecified atom stereocenters. The highest BCUT2D eigenvalue weighted by molar-refractivity contribution is 5.92. The van der Waals surface area contributed by atoms with E-state index >= 15 is 0 Å². The van der Waals surface area contributed by atoms with Crippen LogP contribution in [0.25, 0.3) is 0 Å². The van der Waals surface area contributed by atoms with E-state index in [9.17, 15) is 4.79 Å². The number of nitrogens with zero attached hydrogens (tertiary/aromatic N) is 1. The number of nitrogens with two attached hydrogens (primary N) is 1. The Labute approximate surface area is 126 Å². The van der Waals surface area contributed by atoms with E-state index in [2.05, 4.69) is 31.1 Å². The SMILES string of the molecule is CCC(C)C(N)c1nc(C(=O)NC2CCCCC2C)co1. The molecule has 1 amide bonds. The fraction of sp³-hybridized carbons (Fsp3) is 0.750. The second-order valence-electron chi connectivity index (χ2n) is 6.32. The van der Waals surface area contributed by atoms with Crippen molar-refractivity contribution in [2.45, 2.75) is 65.0 Å². The van der Waals surface area contributed by atoms with Crippen molar-refractivity contribution in [3.05, 3.63) is 17.8 Å². The first-order chi connectivity index (χ1) is 10.0. The van der Waals surface area contributed by atoms with Crippen molar-refractivity contribution >= 4 is 5.91 Å². The van der Waals surface area contributed by atoms with Crippen LogP contribution in [0.15, 0.2) is 10.7 Å². The zero-order valence-corrected chi connectivity index (χ0v) is 13.3. The van der Waals surface area contributed by atoms with Crippen LogP contribution in [-0.2, 0) is 0 Å². The number of amides is 1. The molecule has 5 nitrogen and oxygen atoms in total. The molecule has 0 saturated heterocycles. The van der Waals surface area contributed by atoms with Crippen molar-refractivity contribution in [2.24, 2.45) is 17.6 Å². The Hall–Kier alpha value is -1.36. The first-order valence-electron chi connectivity index (χ1n) is 8.04. The van der Waals surface area contributed by atoms with Gasteiger partial charge in [-0.1, -0.05) is 40.0 Å². The lowest BCUT2D eigenvalue weighted by Gasteiger charge is -2.29. The van der Waals surface area contributed by atoms with E-state index in [0.29, 0.717) is 17.5 Å². The van der Waals surface area contributed by atoms with Crippen LogP contribution in [0.3, 0.4) is 0 Å². The molecule has 1 aromatic rings. The summed E-state index contributed by atoms with van der Waals surface area (Å²) in [6.07, 6.45) is 7.02. The van der Waals surface area contributed by atoms with Gasteiger partial charge in [-0.25, -0.2) is 4.98 Å². The van der Waals surface area contributed by atoms with Crippen LogP contribution in [0.1, 0.15) is 75.3 Å². The lowest BCUT2D eigenvalue weighted by Crippen LogP contribution is -2.41. The summed E-state index contributed by atoms with van der Waals surface area (Å²) < 4.78 is 5.39. The van der Waals surface area contributed by atoms with Crippen molar-refractivity contribution < 1.29 is 9.21 Å². The molecular weight excluding hydrogens is 266 g/mol. The molecule has 1 saturated carbocycles. The predicted octanol–water partition coefficient (Wildman–Crippen LogP) is 3.03. The Bertz CT molecular complexity index is 472. The summed E-state index contributed by atoms with van der Waals surface area (Å²) in [5.74, 6) is 1.10. The smallest absolute Gasteiger partial charge is 0.273 e. The van der Waals surface area contributed by atoms with Crippen molar-refractivity contribution in [2.75, 3.05) is 0 Å². The molecule has 2 rings (SSSR count). The Balaban J connectivity index is 1.98. The molecule has 3 N–H and O–H groups in total. The third-order valence-corrected chi connectivity index (χ3v) is 4.72. The maximum absolute atomic E-state index is 12.3. The van der Waals surface area contributed by atoms with Crippen molar-refractivity contribution in [1.29, 1.82) is 0 Å². The highest BCUT2D eigenvalue weighted by Gasteiger charge is 2.25. The van der Waals surface area contributed by atoms with Crippen LogP contribution in [0.4, 0.5) is 0 Å². The summed E-state index contributed by atoms with van der Waals surface area (Å²) in [5.41, 5.74) is 6.42. The number of carbonyl (C=O) groups is 1. The summed E-state index contributed by atoms with van der Waals surface area (Å²) in [6, 6.07) is -0.0141. The number of hydrogen-bond donors (Lipinski definition) is 2. The zero-order valence-electron chi connectivity index (χ0n) is 13.3. The molecule has 0 aromatic carbocycles. The molecular formula is C16H27N3O2. The van der Waals surface area contributed by atoms with E-state index in [1.807, 2.05) is 0 Å². The lowest BCUT2D eigenvalue weighted by molar-refractivity contribution is 0.0905. The van der Waals surface area contributed by atoms with Gasteiger partial charge >= 0.3 is 0 Å². The topological polar surface area (TPSA) is 81.1 Å². The van der Waals surface area contributed by atoms with Gasteiger partial charge in [-0.3, -0.25) is 4.79 Å². The molecule has 5 heteroatoms. The molecule has 0 spiro atoms. The molecule has 0 aliphatic heterocycles. The molecule has 4 atom stereocenters. The predicted molar refractivity (Wildman–Crippen MR) is 81.8 cm³/mol. The zero-order chi connectivity index (χ0) is 15.4. The lowest BCUT2D eigenvalue weighted by atomic mass is 9.86. The minimum atomic E-state index is -0.259. The highest BCUT2D eigenvalue weighted by atomic mass is 16.3. The molecule has 0 radical (unpaired) electrons. The third-order valence-electron chi connectivity index (χ3n) is 4.72. The van der Waals surface area contributed by atoms with Gasteiger partial charge in [-0.2, -0.15) is 0 Å². The van der Waals surface area contributed by atoms with Crippen molar-refractivity contribution in [1.82, 2.24) is 10.3 Å². The van der Waals surface area contributed by atoms with Crippen LogP contribution in [0.2, 0.25) is 0 Å². The molecule has 118 valence electrons. The molecule has 1 aliphatic carbocycles. The number of nitrogens with one attached hydrogen (secondary N) is 1. The van der Waals surface area contributed by atoms with Gasteiger partial charge in [0, 0.05) is 6.04 Å². The number of oxazole rings is 1. The Kier molecular flexibility index (Phi) is 5.39. The van der Waals surface area contributed by atoms with Gasteiger partial charge in [0.15, 0.2) is 5.69 Å². The third kappa shape index (κ3) is 3.84. The average Bonchev–Trinajstić information content (AvgIpc) is 2.98. The Morgan fingerprint density at radius 3 is 2.90 bits per heavy atom. The molecule has 1 fully saturated rings. The minimum absolute atomic E-state index is 0.153. The first-order valence-corrected chi connectivity index (χ1v) is 8.04. The second kappa shape index (κ2) is 7.07. The van der Waals surface area contributed by atoms with E-state index in [0.717, 1.165) is 12.8 Å².